The normalized spacial score (nSPS) is 15.0. The van der Waals surface area contributed by atoms with Gasteiger partial charge in [0.05, 0.1) is 11.5 Å². The van der Waals surface area contributed by atoms with Crippen molar-refractivity contribution in [3.63, 3.8) is 0 Å². The zero-order chi connectivity index (χ0) is 21.1. The van der Waals surface area contributed by atoms with Crippen LogP contribution in [0.3, 0.4) is 0 Å². The van der Waals surface area contributed by atoms with Gasteiger partial charge in [0.2, 0.25) is 5.91 Å². The number of non-ortho nitro benzene ring substituents is 1. The monoisotopic (exact) mass is 401 g/mol. The van der Waals surface area contributed by atoms with E-state index in [1.807, 2.05) is 11.8 Å². The van der Waals surface area contributed by atoms with Crippen LogP contribution in [0, 0.1) is 10.1 Å². The van der Waals surface area contributed by atoms with Gasteiger partial charge in [-0.1, -0.05) is 30.7 Å². The fourth-order valence-electron chi connectivity index (χ4n) is 3.05. The van der Waals surface area contributed by atoms with Crippen LogP contribution < -0.4 is 10.6 Å². The van der Waals surface area contributed by atoms with Crippen molar-refractivity contribution in [2.75, 3.05) is 26.2 Å². The number of rotatable bonds is 9. The number of hydrogen-bond donors (Lipinski definition) is 2. The topological polar surface area (TPSA) is 99.9 Å². The average Bonchev–Trinajstić information content (AvgIpc) is 2.91. The molecule has 0 bridgehead atoms. The van der Waals surface area contributed by atoms with Gasteiger partial charge in [0, 0.05) is 44.7 Å². The molecule has 8 heteroatoms. The van der Waals surface area contributed by atoms with Crippen molar-refractivity contribution in [3.8, 4) is 0 Å². The van der Waals surface area contributed by atoms with Crippen molar-refractivity contribution >= 4 is 17.6 Å². The standard InChI is InChI=1S/C21H31N5O3/c1-17(2)15-23-21(24-16-18-8-10-19(11-9-18)26(28)29)22-12-6-14-25-13-5-3-4-7-20(25)27/h8-11H,1,3-7,12-16H2,2H3,(H2,22,23,24). The highest BCUT2D eigenvalue weighted by molar-refractivity contribution is 5.80. The third kappa shape index (κ3) is 8.33. The highest BCUT2D eigenvalue weighted by atomic mass is 16.6. The first-order valence-electron chi connectivity index (χ1n) is 10.1. The lowest BCUT2D eigenvalue weighted by molar-refractivity contribution is -0.384. The SMILES string of the molecule is C=C(C)CNC(=NCc1ccc([N+](=O)[O-])cc1)NCCCN1CCCCCC1=O. The van der Waals surface area contributed by atoms with Gasteiger partial charge in [-0.2, -0.15) is 0 Å². The fourth-order valence-corrected chi connectivity index (χ4v) is 3.05. The minimum Gasteiger partial charge on any atom is -0.356 e. The maximum atomic E-state index is 12.1. The van der Waals surface area contributed by atoms with Gasteiger partial charge in [-0.05, 0) is 31.7 Å². The van der Waals surface area contributed by atoms with Gasteiger partial charge in [0.1, 0.15) is 0 Å². The molecule has 1 amide bonds. The predicted octanol–water partition coefficient (Wildman–Crippen LogP) is 3.00. The lowest BCUT2D eigenvalue weighted by atomic mass is 10.2. The second kappa shape index (κ2) is 11.8. The number of nitrogens with zero attached hydrogens (tertiary/aromatic N) is 3. The lowest BCUT2D eigenvalue weighted by Crippen LogP contribution is -2.40. The summed E-state index contributed by atoms with van der Waals surface area (Å²) in [5.41, 5.74) is 1.95. The first-order chi connectivity index (χ1) is 14.0. The number of nitro benzene ring substituents is 1. The Labute approximate surface area is 172 Å². The largest absolute Gasteiger partial charge is 0.356 e. The molecule has 2 rings (SSSR count). The molecule has 1 aromatic carbocycles. The van der Waals surface area contributed by atoms with Gasteiger partial charge in [0.25, 0.3) is 5.69 Å². The van der Waals surface area contributed by atoms with E-state index in [1.54, 1.807) is 12.1 Å². The van der Waals surface area contributed by atoms with E-state index in [9.17, 15) is 14.9 Å². The summed E-state index contributed by atoms with van der Waals surface area (Å²) in [6.45, 7) is 9.16. The molecule has 0 atom stereocenters. The molecule has 29 heavy (non-hydrogen) atoms. The van der Waals surface area contributed by atoms with Gasteiger partial charge in [-0.15, -0.1) is 0 Å². The Morgan fingerprint density at radius 2 is 2.00 bits per heavy atom. The van der Waals surface area contributed by atoms with Gasteiger partial charge in [-0.3, -0.25) is 14.9 Å². The zero-order valence-corrected chi connectivity index (χ0v) is 17.2. The summed E-state index contributed by atoms with van der Waals surface area (Å²) in [6.07, 6.45) is 4.72. The van der Waals surface area contributed by atoms with Crippen LogP contribution in [0.25, 0.3) is 0 Å². The number of amides is 1. The van der Waals surface area contributed by atoms with Crippen LogP contribution >= 0.6 is 0 Å². The quantitative estimate of drug-likeness (QED) is 0.165. The Bertz CT molecular complexity index is 730. The van der Waals surface area contributed by atoms with Crippen molar-refractivity contribution in [1.29, 1.82) is 0 Å². The van der Waals surface area contributed by atoms with Crippen molar-refractivity contribution < 1.29 is 9.72 Å². The number of benzene rings is 1. The van der Waals surface area contributed by atoms with Gasteiger partial charge in [-0.25, -0.2) is 4.99 Å². The molecule has 2 N–H and O–H groups in total. The van der Waals surface area contributed by atoms with Crippen molar-refractivity contribution in [2.45, 2.75) is 45.6 Å². The maximum Gasteiger partial charge on any atom is 0.269 e. The van der Waals surface area contributed by atoms with E-state index >= 15 is 0 Å². The van der Waals surface area contributed by atoms with Crippen LogP contribution in [0.4, 0.5) is 5.69 Å². The molecule has 158 valence electrons. The number of carbonyl (C=O) groups is 1. The van der Waals surface area contributed by atoms with Crippen LogP contribution in [-0.2, 0) is 11.3 Å². The molecule has 0 aliphatic carbocycles. The minimum atomic E-state index is -0.413. The number of nitro groups is 1. The van der Waals surface area contributed by atoms with E-state index in [0.29, 0.717) is 32.0 Å². The molecule has 1 fully saturated rings. The van der Waals surface area contributed by atoms with Crippen LogP contribution in [-0.4, -0.2) is 47.9 Å². The zero-order valence-electron chi connectivity index (χ0n) is 17.2. The van der Waals surface area contributed by atoms with Crippen molar-refractivity contribution in [1.82, 2.24) is 15.5 Å². The Morgan fingerprint density at radius 3 is 2.69 bits per heavy atom. The number of hydrogen-bond acceptors (Lipinski definition) is 4. The van der Waals surface area contributed by atoms with Crippen LogP contribution in [0.1, 0.15) is 44.6 Å². The Balaban J connectivity index is 1.85. The van der Waals surface area contributed by atoms with E-state index in [0.717, 1.165) is 49.9 Å². The molecule has 1 aliphatic heterocycles. The van der Waals surface area contributed by atoms with Crippen LogP contribution in [0.15, 0.2) is 41.4 Å². The number of carbonyl (C=O) groups excluding carboxylic acids is 1. The minimum absolute atomic E-state index is 0.0690. The molecular formula is C21H31N5O3. The number of aliphatic imine (C=N–C) groups is 1. The van der Waals surface area contributed by atoms with Crippen molar-refractivity contribution in [3.05, 3.63) is 52.1 Å². The molecule has 1 aromatic rings. The highest BCUT2D eigenvalue weighted by Crippen LogP contribution is 2.13. The fraction of sp³-hybridized carbons (Fsp3) is 0.524. The molecule has 0 aromatic heterocycles. The summed E-state index contributed by atoms with van der Waals surface area (Å²) in [5.74, 6) is 0.920. The van der Waals surface area contributed by atoms with E-state index in [2.05, 4.69) is 22.2 Å². The lowest BCUT2D eigenvalue weighted by Gasteiger charge is -2.21. The second-order valence-corrected chi connectivity index (χ2v) is 7.37. The maximum absolute atomic E-state index is 12.1. The highest BCUT2D eigenvalue weighted by Gasteiger charge is 2.15. The Kier molecular flexibility index (Phi) is 9.14. The molecule has 0 unspecified atom stereocenters. The molecule has 0 radical (unpaired) electrons. The van der Waals surface area contributed by atoms with E-state index < -0.39 is 4.92 Å². The number of likely N-dealkylation sites (tertiary alicyclic amines) is 1. The number of guanidine groups is 1. The summed E-state index contributed by atoms with van der Waals surface area (Å²) >= 11 is 0. The van der Waals surface area contributed by atoms with Gasteiger partial charge < -0.3 is 15.5 Å². The molecule has 1 saturated heterocycles. The van der Waals surface area contributed by atoms with E-state index in [1.165, 1.54) is 12.1 Å². The Hall–Kier alpha value is -2.90. The molecule has 8 nitrogen and oxygen atoms in total. The van der Waals surface area contributed by atoms with Gasteiger partial charge in [0.15, 0.2) is 5.96 Å². The summed E-state index contributed by atoms with van der Waals surface area (Å²) in [5, 5.41) is 17.3. The predicted molar refractivity (Wildman–Crippen MR) is 115 cm³/mol. The van der Waals surface area contributed by atoms with Crippen LogP contribution in [0.2, 0.25) is 0 Å². The first-order valence-corrected chi connectivity index (χ1v) is 10.1. The summed E-state index contributed by atoms with van der Waals surface area (Å²) in [4.78, 5) is 28.9. The molecule has 1 aliphatic rings. The second-order valence-electron chi connectivity index (χ2n) is 7.37. The summed E-state index contributed by atoms with van der Waals surface area (Å²) in [6, 6.07) is 6.39. The summed E-state index contributed by atoms with van der Waals surface area (Å²) in [7, 11) is 0. The van der Waals surface area contributed by atoms with E-state index in [4.69, 9.17) is 0 Å². The Morgan fingerprint density at radius 1 is 1.24 bits per heavy atom. The molecule has 0 spiro atoms. The summed E-state index contributed by atoms with van der Waals surface area (Å²) < 4.78 is 0. The third-order valence-corrected chi connectivity index (χ3v) is 4.69. The molecule has 0 saturated carbocycles. The number of nitrogens with one attached hydrogen (secondary N) is 2. The first kappa shape index (κ1) is 22.4. The van der Waals surface area contributed by atoms with Crippen molar-refractivity contribution in [2.24, 2.45) is 4.99 Å². The molecular weight excluding hydrogens is 370 g/mol. The molecule has 1 heterocycles. The van der Waals surface area contributed by atoms with E-state index in [-0.39, 0.29) is 11.6 Å². The smallest absolute Gasteiger partial charge is 0.269 e. The average molecular weight is 402 g/mol. The van der Waals surface area contributed by atoms with Gasteiger partial charge >= 0.3 is 0 Å². The third-order valence-electron chi connectivity index (χ3n) is 4.69. The van der Waals surface area contributed by atoms with Crippen LogP contribution in [0.5, 0.6) is 0 Å².